The molecule has 0 atom stereocenters. The molecule has 2 aromatic heterocycles. The Bertz CT molecular complexity index is 1110. The van der Waals surface area contributed by atoms with Crippen LogP contribution in [0.1, 0.15) is 42.8 Å². The fourth-order valence-corrected chi connectivity index (χ4v) is 3.82. The van der Waals surface area contributed by atoms with E-state index in [0.29, 0.717) is 11.4 Å². The monoisotopic (exact) mass is 394 g/mol. The second-order valence-corrected chi connectivity index (χ2v) is 7.65. The molecule has 0 amide bonds. The minimum Gasteiger partial charge on any atom is -0.507 e. The van der Waals surface area contributed by atoms with Crippen LogP contribution in [0.2, 0.25) is 0 Å². The molecule has 3 heterocycles. The average Bonchev–Trinajstić information content (AvgIpc) is 2.84. The standard InChI is InChI=1S/C22H26N4O3/c1-15-11-20(27)17(22(28)29-15)13-23-16-7-8-19-18(12-16)24-21(25(19)2)14-26-9-5-3-4-6-10-26/h7-8,11-13,27H,3-6,9-10,14H2,1-2H3. The van der Waals surface area contributed by atoms with Gasteiger partial charge in [0, 0.05) is 19.3 Å². The number of aromatic nitrogens is 2. The number of aliphatic imine (C=N–C) groups is 1. The maximum absolute atomic E-state index is 11.9. The highest BCUT2D eigenvalue weighted by Crippen LogP contribution is 2.23. The Labute approximate surface area is 169 Å². The van der Waals surface area contributed by atoms with Gasteiger partial charge in [0.1, 0.15) is 22.9 Å². The van der Waals surface area contributed by atoms with Crippen LogP contribution in [0.3, 0.4) is 0 Å². The second-order valence-electron chi connectivity index (χ2n) is 7.65. The zero-order valence-electron chi connectivity index (χ0n) is 16.9. The molecule has 1 aliphatic rings. The number of aryl methyl sites for hydroxylation is 2. The molecule has 1 aliphatic heterocycles. The van der Waals surface area contributed by atoms with Crippen LogP contribution >= 0.6 is 0 Å². The van der Waals surface area contributed by atoms with Crippen molar-refractivity contribution in [1.82, 2.24) is 14.5 Å². The molecule has 0 spiro atoms. The van der Waals surface area contributed by atoms with Crippen LogP contribution in [-0.4, -0.2) is 38.9 Å². The summed E-state index contributed by atoms with van der Waals surface area (Å²) in [6.07, 6.45) is 6.47. The summed E-state index contributed by atoms with van der Waals surface area (Å²) in [5.74, 6) is 1.26. The molecular formula is C22H26N4O3. The lowest BCUT2D eigenvalue weighted by Gasteiger charge is -2.19. The van der Waals surface area contributed by atoms with E-state index < -0.39 is 5.63 Å². The Balaban J connectivity index is 1.59. The maximum atomic E-state index is 11.9. The molecule has 4 rings (SSSR count). The lowest BCUT2D eigenvalue weighted by atomic mass is 10.2. The van der Waals surface area contributed by atoms with Crippen molar-refractivity contribution >= 4 is 22.9 Å². The van der Waals surface area contributed by atoms with E-state index in [1.54, 1.807) is 6.92 Å². The molecular weight excluding hydrogens is 368 g/mol. The van der Waals surface area contributed by atoms with Gasteiger partial charge in [-0.3, -0.25) is 9.89 Å². The van der Waals surface area contributed by atoms with Gasteiger partial charge in [-0.2, -0.15) is 0 Å². The van der Waals surface area contributed by atoms with Crippen LogP contribution in [0, 0.1) is 6.92 Å². The highest BCUT2D eigenvalue weighted by Gasteiger charge is 2.14. The third-order valence-electron chi connectivity index (χ3n) is 5.45. The van der Waals surface area contributed by atoms with Crippen LogP contribution in [0.5, 0.6) is 5.75 Å². The minimum atomic E-state index is -0.607. The van der Waals surface area contributed by atoms with Crippen molar-refractivity contribution in [2.75, 3.05) is 13.1 Å². The first-order valence-corrected chi connectivity index (χ1v) is 10.1. The summed E-state index contributed by atoms with van der Waals surface area (Å²) in [6, 6.07) is 7.16. The van der Waals surface area contributed by atoms with Gasteiger partial charge in [0.25, 0.3) is 0 Å². The molecule has 7 heteroatoms. The van der Waals surface area contributed by atoms with E-state index in [2.05, 4.69) is 14.5 Å². The fraction of sp³-hybridized carbons (Fsp3) is 0.409. The molecule has 7 nitrogen and oxygen atoms in total. The van der Waals surface area contributed by atoms with Gasteiger partial charge in [0.2, 0.25) is 0 Å². The van der Waals surface area contributed by atoms with Crippen molar-refractivity contribution in [2.24, 2.45) is 12.0 Å². The third-order valence-corrected chi connectivity index (χ3v) is 5.45. The van der Waals surface area contributed by atoms with Crippen LogP contribution in [-0.2, 0) is 13.6 Å². The van der Waals surface area contributed by atoms with Crippen LogP contribution in [0.25, 0.3) is 11.0 Å². The summed E-state index contributed by atoms with van der Waals surface area (Å²) in [4.78, 5) is 23.6. The topological polar surface area (TPSA) is 83.9 Å². The molecule has 3 aromatic rings. The lowest BCUT2D eigenvalue weighted by Crippen LogP contribution is -2.25. The van der Waals surface area contributed by atoms with Crippen molar-refractivity contribution in [3.63, 3.8) is 0 Å². The zero-order valence-corrected chi connectivity index (χ0v) is 16.9. The Morgan fingerprint density at radius 3 is 2.69 bits per heavy atom. The summed E-state index contributed by atoms with van der Waals surface area (Å²) in [5, 5.41) is 9.97. The van der Waals surface area contributed by atoms with Crippen molar-refractivity contribution in [3.05, 3.63) is 51.8 Å². The number of aromatic hydroxyl groups is 1. The molecule has 1 aromatic carbocycles. The van der Waals surface area contributed by atoms with Crippen LogP contribution in [0.4, 0.5) is 5.69 Å². The first-order valence-electron chi connectivity index (χ1n) is 10.1. The third kappa shape index (κ3) is 4.24. The van der Waals surface area contributed by atoms with Crippen LogP contribution < -0.4 is 5.63 Å². The van der Waals surface area contributed by atoms with Gasteiger partial charge in [-0.25, -0.2) is 9.78 Å². The minimum absolute atomic E-state index is 0.0403. The molecule has 0 aliphatic carbocycles. The van der Waals surface area contributed by atoms with Gasteiger partial charge in [-0.1, -0.05) is 12.8 Å². The Morgan fingerprint density at radius 1 is 1.21 bits per heavy atom. The van der Waals surface area contributed by atoms with E-state index in [9.17, 15) is 9.90 Å². The summed E-state index contributed by atoms with van der Waals surface area (Å²) >= 11 is 0. The summed E-state index contributed by atoms with van der Waals surface area (Å²) < 4.78 is 7.15. The Kier molecular flexibility index (Phi) is 5.49. The molecule has 0 bridgehead atoms. The highest BCUT2D eigenvalue weighted by atomic mass is 16.4. The number of fused-ring (bicyclic) bond motifs is 1. The first-order chi connectivity index (χ1) is 14.0. The predicted molar refractivity (Wildman–Crippen MR) is 113 cm³/mol. The van der Waals surface area contributed by atoms with E-state index in [1.807, 2.05) is 25.2 Å². The van der Waals surface area contributed by atoms with Gasteiger partial charge < -0.3 is 14.1 Å². The number of rotatable bonds is 4. The van der Waals surface area contributed by atoms with Gasteiger partial charge in [0.05, 0.1) is 23.3 Å². The van der Waals surface area contributed by atoms with Crippen LogP contribution in [0.15, 0.2) is 38.5 Å². The Hall–Kier alpha value is -2.93. The Morgan fingerprint density at radius 2 is 1.97 bits per heavy atom. The van der Waals surface area contributed by atoms with Crippen molar-refractivity contribution in [2.45, 2.75) is 39.2 Å². The van der Waals surface area contributed by atoms with Gasteiger partial charge in [0.15, 0.2) is 0 Å². The largest absolute Gasteiger partial charge is 0.507 e. The lowest BCUT2D eigenvalue weighted by molar-refractivity contribution is 0.268. The predicted octanol–water partition coefficient (Wildman–Crippen LogP) is 3.67. The second kappa shape index (κ2) is 8.21. The molecule has 1 fully saturated rings. The number of likely N-dealkylation sites (tertiary alicyclic amines) is 1. The van der Waals surface area contributed by atoms with E-state index in [1.165, 1.54) is 38.0 Å². The molecule has 0 radical (unpaired) electrons. The van der Waals surface area contributed by atoms with E-state index in [-0.39, 0.29) is 11.3 Å². The number of hydrogen-bond acceptors (Lipinski definition) is 6. The SMILES string of the molecule is Cc1cc(O)c(C=Nc2ccc3c(c2)nc(CN2CCCCCC2)n3C)c(=O)o1. The molecule has 29 heavy (non-hydrogen) atoms. The number of nitrogens with zero attached hydrogens (tertiary/aromatic N) is 4. The summed E-state index contributed by atoms with van der Waals surface area (Å²) in [5.41, 5.74) is 2.01. The van der Waals surface area contributed by atoms with Crippen molar-refractivity contribution < 1.29 is 9.52 Å². The quantitative estimate of drug-likeness (QED) is 0.683. The normalized spacial score (nSPS) is 15.9. The highest BCUT2D eigenvalue weighted by molar-refractivity contribution is 5.86. The van der Waals surface area contributed by atoms with E-state index in [0.717, 1.165) is 36.5 Å². The number of hydrogen-bond donors (Lipinski definition) is 1. The first kappa shape index (κ1) is 19.4. The number of benzene rings is 1. The van der Waals surface area contributed by atoms with E-state index >= 15 is 0 Å². The van der Waals surface area contributed by atoms with Crippen molar-refractivity contribution in [3.8, 4) is 5.75 Å². The van der Waals surface area contributed by atoms with Gasteiger partial charge >= 0.3 is 5.63 Å². The van der Waals surface area contributed by atoms with Gasteiger partial charge in [-0.05, 0) is 51.1 Å². The molecule has 0 unspecified atom stereocenters. The number of imidazole rings is 1. The molecule has 152 valence electrons. The zero-order chi connectivity index (χ0) is 20.4. The fourth-order valence-electron chi connectivity index (χ4n) is 3.82. The summed E-state index contributed by atoms with van der Waals surface area (Å²) in [7, 11) is 2.04. The molecule has 0 saturated carbocycles. The smallest absolute Gasteiger partial charge is 0.348 e. The van der Waals surface area contributed by atoms with Crippen molar-refractivity contribution in [1.29, 1.82) is 0 Å². The van der Waals surface area contributed by atoms with E-state index in [4.69, 9.17) is 9.40 Å². The molecule has 1 N–H and O–H groups in total. The molecule has 1 saturated heterocycles. The van der Waals surface area contributed by atoms with Gasteiger partial charge in [-0.15, -0.1) is 0 Å². The summed E-state index contributed by atoms with van der Waals surface area (Å²) in [6.45, 7) is 4.71. The maximum Gasteiger partial charge on any atom is 0.348 e. The average molecular weight is 394 g/mol.